The summed E-state index contributed by atoms with van der Waals surface area (Å²) in [6.45, 7) is 3.98. The molecule has 3 aromatic rings. The average molecular weight is 552 g/mol. The van der Waals surface area contributed by atoms with Crippen LogP contribution >= 0.6 is 34.4 Å². The van der Waals surface area contributed by atoms with E-state index in [1.165, 1.54) is 46.2 Å². The molecule has 4 rings (SSSR count). The first-order chi connectivity index (χ1) is 14.7. The van der Waals surface area contributed by atoms with Crippen molar-refractivity contribution in [3.63, 3.8) is 0 Å². The maximum atomic E-state index is 11.9. The molecule has 31 heavy (non-hydrogen) atoms. The molecule has 10 heteroatoms. The topological polar surface area (TPSA) is 119 Å². The highest BCUT2D eigenvalue weighted by molar-refractivity contribution is 14.1. The van der Waals surface area contributed by atoms with E-state index < -0.39 is 11.5 Å². The third-order valence-electron chi connectivity index (χ3n) is 5.27. The Morgan fingerprint density at radius 1 is 1.32 bits per heavy atom. The van der Waals surface area contributed by atoms with Crippen LogP contribution in [0.2, 0.25) is 0 Å². The van der Waals surface area contributed by atoms with Crippen molar-refractivity contribution in [2.24, 2.45) is 0 Å². The fraction of sp³-hybridized carbons (Fsp3) is 0.429. The van der Waals surface area contributed by atoms with Gasteiger partial charge in [-0.3, -0.25) is 4.79 Å². The second-order valence-electron chi connectivity index (χ2n) is 8.15. The van der Waals surface area contributed by atoms with Crippen LogP contribution in [-0.4, -0.2) is 42.7 Å². The molecule has 0 unspecified atom stereocenters. The van der Waals surface area contributed by atoms with Crippen molar-refractivity contribution in [2.75, 3.05) is 12.3 Å². The van der Waals surface area contributed by atoms with Crippen molar-refractivity contribution >= 4 is 57.2 Å². The first kappa shape index (κ1) is 22.3. The summed E-state index contributed by atoms with van der Waals surface area (Å²) in [4.78, 5) is 26.3. The van der Waals surface area contributed by atoms with Gasteiger partial charge in [-0.05, 0) is 85.4 Å². The van der Waals surface area contributed by atoms with Crippen molar-refractivity contribution in [1.82, 2.24) is 24.8 Å². The van der Waals surface area contributed by atoms with Gasteiger partial charge in [-0.25, -0.2) is 15.0 Å². The first-order valence-corrected chi connectivity index (χ1v) is 12.1. The van der Waals surface area contributed by atoms with Gasteiger partial charge in [0.1, 0.15) is 11.9 Å². The summed E-state index contributed by atoms with van der Waals surface area (Å²) in [6, 6.07) is 4.55. The van der Waals surface area contributed by atoms with E-state index in [2.05, 4.69) is 50.0 Å². The van der Waals surface area contributed by atoms with Crippen LogP contribution in [0.15, 0.2) is 28.5 Å². The van der Waals surface area contributed by atoms with E-state index in [0.717, 1.165) is 18.0 Å². The van der Waals surface area contributed by atoms with Gasteiger partial charge in [0.25, 0.3) is 5.91 Å². The summed E-state index contributed by atoms with van der Waals surface area (Å²) >= 11 is 3.99. The predicted octanol–water partition coefficient (Wildman–Crippen LogP) is 2.93. The molecule has 1 aliphatic carbocycles. The summed E-state index contributed by atoms with van der Waals surface area (Å²) in [7, 11) is 0. The van der Waals surface area contributed by atoms with E-state index in [-0.39, 0.29) is 0 Å². The summed E-state index contributed by atoms with van der Waals surface area (Å²) in [6.07, 6.45) is 5.58. The van der Waals surface area contributed by atoms with Crippen LogP contribution in [0.1, 0.15) is 37.8 Å². The number of carbonyl (C=O) groups excluding carboxylic acids is 1. The molecule has 1 aromatic carbocycles. The molecule has 0 atom stereocenters. The number of carbonyl (C=O) groups is 1. The molecule has 1 amide bonds. The van der Waals surface area contributed by atoms with Crippen molar-refractivity contribution in [3.8, 4) is 0 Å². The lowest BCUT2D eigenvalue weighted by molar-refractivity contribution is -0.136. The van der Waals surface area contributed by atoms with E-state index in [0.29, 0.717) is 36.5 Å². The number of benzene rings is 1. The number of hydrogen-bond acceptors (Lipinski definition) is 7. The normalized spacial score (nSPS) is 13.5. The fourth-order valence-corrected chi connectivity index (χ4v) is 5.46. The monoisotopic (exact) mass is 552 g/mol. The predicted molar refractivity (Wildman–Crippen MR) is 129 cm³/mol. The number of nitrogens with two attached hydrogens (primary N) is 1. The fourth-order valence-electron chi connectivity index (χ4n) is 3.62. The molecule has 0 saturated heterocycles. The number of rotatable bonds is 7. The third kappa shape index (κ3) is 4.80. The molecular weight excluding hydrogens is 527 g/mol. The number of halogens is 1. The number of amides is 1. The summed E-state index contributed by atoms with van der Waals surface area (Å²) < 4.78 is 3.23. The Morgan fingerprint density at radius 3 is 2.81 bits per heavy atom. The first-order valence-electron chi connectivity index (χ1n) is 10.2. The molecule has 164 valence electrons. The number of aromatic nitrogens is 4. The molecule has 2 heterocycles. The Bertz CT molecular complexity index is 1140. The molecule has 0 radical (unpaired) electrons. The average Bonchev–Trinajstić information content (AvgIpc) is 3.29. The molecule has 0 aliphatic heterocycles. The maximum absolute atomic E-state index is 11.9. The number of fused-ring (bicyclic) bond motifs is 2. The molecule has 0 saturated carbocycles. The third-order valence-corrected chi connectivity index (χ3v) is 7.58. The number of nitrogens with zero attached hydrogens (tertiary/aromatic N) is 4. The number of aryl methyl sites for hydroxylation is 3. The standard InChI is InChI=1S/C21H25IN6O2S/c1-21(2,30)19(29)24-7-4-8-28-18-16(17(23)25-11-26-18)27-20(28)31-15-10-13-6-3-5-12(13)9-14(15)22/h9-11,30H,3-8H2,1-2H3,(H,24,29)(H2,23,25,26). The summed E-state index contributed by atoms with van der Waals surface area (Å²) in [5, 5.41) is 13.3. The summed E-state index contributed by atoms with van der Waals surface area (Å²) in [5.74, 6) is -0.0403. The van der Waals surface area contributed by atoms with Crippen molar-refractivity contribution in [1.29, 1.82) is 0 Å². The van der Waals surface area contributed by atoms with Gasteiger partial charge in [0, 0.05) is 21.6 Å². The zero-order valence-electron chi connectivity index (χ0n) is 17.5. The number of hydrogen-bond donors (Lipinski definition) is 3. The highest BCUT2D eigenvalue weighted by Gasteiger charge is 2.23. The number of nitrogen functional groups attached to an aromatic ring is 1. The van der Waals surface area contributed by atoms with Gasteiger partial charge in [-0.1, -0.05) is 11.8 Å². The Hall–Kier alpha value is -1.92. The molecule has 0 bridgehead atoms. The smallest absolute Gasteiger partial charge is 0.251 e. The maximum Gasteiger partial charge on any atom is 0.251 e. The van der Waals surface area contributed by atoms with E-state index in [4.69, 9.17) is 10.7 Å². The van der Waals surface area contributed by atoms with Crippen molar-refractivity contribution in [2.45, 2.75) is 61.7 Å². The largest absolute Gasteiger partial charge is 0.382 e. The van der Waals surface area contributed by atoms with Gasteiger partial charge in [-0.15, -0.1) is 0 Å². The molecule has 0 spiro atoms. The Morgan fingerprint density at radius 2 is 2.06 bits per heavy atom. The van der Waals surface area contributed by atoms with Gasteiger partial charge in [0.2, 0.25) is 0 Å². The molecule has 2 aromatic heterocycles. The van der Waals surface area contributed by atoms with E-state index in [1.54, 1.807) is 11.8 Å². The van der Waals surface area contributed by atoms with E-state index >= 15 is 0 Å². The van der Waals surface area contributed by atoms with Gasteiger partial charge < -0.3 is 20.7 Å². The Balaban J connectivity index is 1.58. The zero-order chi connectivity index (χ0) is 22.2. The molecular formula is C21H25IN6O2S. The lowest BCUT2D eigenvalue weighted by Gasteiger charge is -2.16. The van der Waals surface area contributed by atoms with E-state index in [1.807, 2.05) is 4.57 Å². The van der Waals surface area contributed by atoms with Gasteiger partial charge in [0.05, 0.1) is 0 Å². The lowest BCUT2D eigenvalue weighted by atomic mass is 10.1. The highest BCUT2D eigenvalue weighted by atomic mass is 127. The number of imidazole rings is 1. The van der Waals surface area contributed by atoms with Crippen LogP contribution in [0, 0.1) is 3.57 Å². The van der Waals surface area contributed by atoms with Crippen LogP contribution in [-0.2, 0) is 24.2 Å². The minimum atomic E-state index is -1.39. The van der Waals surface area contributed by atoms with Crippen molar-refractivity contribution in [3.05, 3.63) is 33.2 Å². The quantitative estimate of drug-likeness (QED) is 0.305. The van der Waals surface area contributed by atoms with Crippen LogP contribution in [0.25, 0.3) is 11.2 Å². The van der Waals surface area contributed by atoms with Gasteiger partial charge >= 0.3 is 0 Å². The number of aliphatic hydroxyl groups is 1. The Labute approximate surface area is 198 Å². The second-order valence-corrected chi connectivity index (χ2v) is 10.3. The van der Waals surface area contributed by atoms with Gasteiger partial charge in [0.15, 0.2) is 22.1 Å². The van der Waals surface area contributed by atoms with Crippen LogP contribution < -0.4 is 11.1 Å². The molecule has 4 N–H and O–H groups in total. The number of nitrogens with one attached hydrogen (secondary N) is 1. The lowest BCUT2D eigenvalue weighted by Crippen LogP contribution is -2.42. The van der Waals surface area contributed by atoms with Crippen LogP contribution in [0.4, 0.5) is 5.82 Å². The molecule has 8 nitrogen and oxygen atoms in total. The number of anilines is 1. The van der Waals surface area contributed by atoms with Crippen LogP contribution in [0.3, 0.4) is 0 Å². The zero-order valence-corrected chi connectivity index (χ0v) is 20.5. The van der Waals surface area contributed by atoms with Gasteiger partial charge in [-0.2, -0.15) is 0 Å². The second kappa shape index (κ2) is 8.91. The minimum Gasteiger partial charge on any atom is -0.382 e. The van der Waals surface area contributed by atoms with Crippen LogP contribution in [0.5, 0.6) is 0 Å². The van der Waals surface area contributed by atoms with E-state index in [9.17, 15) is 9.90 Å². The molecule has 1 aliphatic rings. The minimum absolute atomic E-state index is 0.351. The van der Waals surface area contributed by atoms with Crippen molar-refractivity contribution < 1.29 is 9.90 Å². The molecule has 0 fully saturated rings. The highest BCUT2D eigenvalue weighted by Crippen LogP contribution is 2.37. The Kier molecular flexibility index (Phi) is 6.40. The summed E-state index contributed by atoms with van der Waals surface area (Å²) in [5.41, 5.74) is 8.79. The SMILES string of the molecule is CC(C)(O)C(=O)NCCCn1c(Sc2cc3c(cc2I)CCC3)nc2c(N)ncnc21.